The maximum atomic E-state index is 6.16. The van der Waals surface area contributed by atoms with Gasteiger partial charge >= 0.3 is 0 Å². The van der Waals surface area contributed by atoms with Gasteiger partial charge in [0.1, 0.15) is 0 Å². The van der Waals surface area contributed by atoms with Crippen LogP contribution < -0.4 is 5.73 Å². The molecule has 0 saturated carbocycles. The summed E-state index contributed by atoms with van der Waals surface area (Å²) in [5.74, 6) is 0.600. The van der Waals surface area contributed by atoms with Crippen molar-refractivity contribution in [3.63, 3.8) is 0 Å². The van der Waals surface area contributed by atoms with Gasteiger partial charge < -0.3 is 10.6 Å². The minimum atomic E-state index is 0.195. The Morgan fingerprint density at radius 1 is 1.16 bits per heavy atom. The maximum absolute atomic E-state index is 6.16. The molecule has 1 saturated heterocycles. The number of benzene rings is 1. The summed E-state index contributed by atoms with van der Waals surface area (Å²) in [6, 6.07) is 9.19. The van der Waals surface area contributed by atoms with E-state index in [1.165, 1.54) is 36.9 Å². The Labute approximate surface area is 118 Å². The first-order chi connectivity index (χ1) is 9.07. The van der Waals surface area contributed by atoms with Crippen molar-refractivity contribution in [2.75, 3.05) is 26.7 Å². The fourth-order valence-electron chi connectivity index (χ4n) is 3.16. The van der Waals surface area contributed by atoms with Crippen molar-refractivity contribution >= 4 is 0 Å². The van der Waals surface area contributed by atoms with Crippen molar-refractivity contribution in [3.8, 4) is 0 Å². The Balaban J connectivity index is 2.24. The first kappa shape index (κ1) is 14.5. The lowest BCUT2D eigenvalue weighted by Crippen LogP contribution is -2.36. The number of rotatable bonds is 3. The quantitative estimate of drug-likeness (QED) is 0.905. The molecule has 0 amide bonds. The fourth-order valence-corrected chi connectivity index (χ4v) is 3.16. The molecule has 2 N–H and O–H groups in total. The van der Waals surface area contributed by atoms with Crippen LogP contribution in [0.3, 0.4) is 0 Å². The van der Waals surface area contributed by atoms with E-state index in [0.29, 0.717) is 5.92 Å². The number of nitrogens with two attached hydrogens (primary N) is 1. The summed E-state index contributed by atoms with van der Waals surface area (Å²) in [7, 11) is 2.22. The van der Waals surface area contributed by atoms with Gasteiger partial charge in [-0.05, 0) is 56.4 Å². The zero-order valence-corrected chi connectivity index (χ0v) is 12.7. The SMILES string of the molecule is CC(C)c1ccc(C2(CN)CCCN(C)CC2)cc1. The fraction of sp³-hybridized carbons (Fsp3) is 0.647. The minimum Gasteiger partial charge on any atom is -0.330 e. The lowest BCUT2D eigenvalue weighted by molar-refractivity contribution is 0.329. The van der Waals surface area contributed by atoms with Crippen molar-refractivity contribution in [2.45, 2.75) is 44.4 Å². The number of likely N-dealkylation sites (tertiary alicyclic amines) is 1. The third kappa shape index (κ3) is 3.18. The highest BCUT2D eigenvalue weighted by Gasteiger charge is 2.32. The molecule has 0 radical (unpaired) electrons. The molecule has 1 fully saturated rings. The predicted octanol–water partition coefficient (Wildman–Crippen LogP) is 3.12. The van der Waals surface area contributed by atoms with E-state index >= 15 is 0 Å². The van der Waals surface area contributed by atoms with E-state index in [-0.39, 0.29) is 5.41 Å². The number of nitrogens with zero attached hydrogens (tertiary/aromatic N) is 1. The normalized spacial score (nSPS) is 25.5. The summed E-state index contributed by atoms with van der Waals surface area (Å²) >= 11 is 0. The lowest BCUT2D eigenvalue weighted by atomic mass is 9.74. The lowest BCUT2D eigenvalue weighted by Gasteiger charge is -2.32. The smallest absolute Gasteiger partial charge is 0.00881 e. The van der Waals surface area contributed by atoms with Gasteiger partial charge in [0.25, 0.3) is 0 Å². The van der Waals surface area contributed by atoms with Gasteiger partial charge in [-0.1, -0.05) is 38.1 Å². The number of hydrogen-bond acceptors (Lipinski definition) is 2. The zero-order valence-electron chi connectivity index (χ0n) is 12.7. The van der Waals surface area contributed by atoms with E-state index in [1.807, 2.05) is 0 Å². The second-order valence-corrected chi connectivity index (χ2v) is 6.42. The molecule has 1 aliphatic heterocycles. The summed E-state index contributed by atoms with van der Waals surface area (Å²) in [5, 5.41) is 0. The summed E-state index contributed by atoms with van der Waals surface area (Å²) < 4.78 is 0. The molecule has 1 aliphatic rings. The van der Waals surface area contributed by atoms with Gasteiger partial charge in [-0.25, -0.2) is 0 Å². The minimum absolute atomic E-state index is 0.195. The summed E-state index contributed by atoms with van der Waals surface area (Å²) in [6.07, 6.45) is 3.65. The van der Waals surface area contributed by atoms with Gasteiger partial charge in [0, 0.05) is 12.0 Å². The molecule has 2 heteroatoms. The largest absolute Gasteiger partial charge is 0.330 e. The van der Waals surface area contributed by atoms with Crippen LogP contribution in [0, 0.1) is 0 Å². The van der Waals surface area contributed by atoms with Crippen LogP contribution in [-0.2, 0) is 5.41 Å². The van der Waals surface area contributed by atoms with Crippen LogP contribution in [-0.4, -0.2) is 31.6 Å². The highest BCUT2D eigenvalue weighted by Crippen LogP contribution is 2.35. The molecule has 2 rings (SSSR count). The molecular weight excluding hydrogens is 232 g/mol. The Hall–Kier alpha value is -0.860. The molecule has 1 heterocycles. The van der Waals surface area contributed by atoms with E-state index in [9.17, 15) is 0 Å². The van der Waals surface area contributed by atoms with Crippen molar-refractivity contribution in [1.82, 2.24) is 4.90 Å². The van der Waals surface area contributed by atoms with Gasteiger partial charge in [0.05, 0.1) is 0 Å². The average molecular weight is 260 g/mol. The second kappa shape index (κ2) is 6.06. The van der Waals surface area contributed by atoms with Gasteiger partial charge in [0.2, 0.25) is 0 Å². The molecule has 0 aliphatic carbocycles. The van der Waals surface area contributed by atoms with Gasteiger partial charge in [0.15, 0.2) is 0 Å². The van der Waals surface area contributed by atoms with Crippen molar-refractivity contribution in [3.05, 3.63) is 35.4 Å². The highest BCUT2D eigenvalue weighted by atomic mass is 15.1. The van der Waals surface area contributed by atoms with Crippen LogP contribution in [0.1, 0.15) is 50.2 Å². The molecular formula is C17H28N2. The van der Waals surface area contributed by atoms with Crippen molar-refractivity contribution in [2.24, 2.45) is 5.73 Å². The zero-order chi connectivity index (χ0) is 13.9. The summed E-state index contributed by atoms with van der Waals surface area (Å²) in [4.78, 5) is 2.43. The Morgan fingerprint density at radius 3 is 2.42 bits per heavy atom. The van der Waals surface area contributed by atoms with Crippen LogP contribution >= 0.6 is 0 Å². The standard InChI is InChI=1S/C17H28N2/c1-14(2)15-5-7-16(8-6-15)17(13-18)9-4-11-19(3)12-10-17/h5-8,14H,4,9-13,18H2,1-3H3. The van der Waals surface area contributed by atoms with Crippen molar-refractivity contribution in [1.29, 1.82) is 0 Å². The first-order valence-corrected chi connectivity index (χ1v) is 7.56. The van der Waals surface area contributed by atoms with Crippen LogP contribution in [0.2, 0.25) is 0 Å². The molecule has 1 aromatic carbocycles. The van der Waals surface area contributed by atoms with Crippen LogP contribution in [0.5, 0.6) is 0 Å². The summed E-state index contributed by atoms with van der Waals surface area (Å²) in [6.45, 7) is 7.61. The molecule has 19 heavy (non-hydrogen) atoms. The molecule has 1 unspecified atom stereocenters. The predicted molar refractivity (Wildman–Crippen MR) is 82.6 cm³/mol. The van der Waals surface area contributed by atoms with E-state index in [0.717, 1.165) is 13.1 Å². The highest BCUT2D eigenvalue weighted by molar-refractivity contribution is 5.31. The van der Waals surface area contributed by atoms with Crippen LogP contribution in [0.25, 0.3) is 0 Å². The topological polar surface area (TPSA) is 29.3 Å². The van der Waals surface area contributed by atoms with Crippen LogP contribution in [0.4, 0.5) is 0 Å². The van der Waals surface area contributed by atoms with Gasteiger partial charge in [-0.2, -0.15) is 0 Å². The van der Waals surface area contributed by atoms with E-state index in [4.69, 9.17) is 5.73 Å². The molecule has 1 aromatic rings. The number of hydrogen-bond donors (Lipinski definition) is 1. The Morgan fingerprint density at radius 2 is 1.84 bits per heavy atom. The van der Waals surface area contributed by atoms with Gasteiger partial charge in [-0.3, -0.25) is 0 Å². The molecule has 0 bridgehead atoms. The third-order valence-corrected chi connectivity index (χ3v) is 4.75. The molecule has 2 nitrogen and oxygen atoms in total. The van der Waals surface area contributed by atoms with Crippen LogP contribution in [0.15, 0.2) is 24.3 Å². The molecule has 1 atom stereocenters. The van der Waals surface area contributed by atoms with Gasteiger partial charge in [-0.15, -0.1) is 0 Å². The molecule has 0 spiro atoms. The third-order valence-electron chi connectivity index (χ3n) is 4.75. The van der Waals surface area contributed by atoms with E-state index in [2.05, 4.69) is 50.1 Å². The first-order valence-electron chi connectivity index (χ1n) is 7.56. The van der Waals surface area contributed by atoms with E-state index < -0.39 is 0 Å². The maximum Gasteiger partial charge on any atom is 0.00881 e. The summed E-state index contributed by atoms with van der Waals surface area (Å²) in [5.41, 5.74) is 9.22. The molecule has 0 aromatic heterocycles. The molecule has 106 valence electrons. The van der Waals surface area contributed by atoms with E-state index in [1.54, 1.807) is 0 Å². The average Bonchev–Trinajstić information content (AvgIpc) is 2.61. The monoisotopic (exact) mass is 260 g/mol. The Kier molecular flexibility index (Phi) is 4.64. The van der Waals surface area contributed by atoms with Crippen molar-refractivity contribution < 1.29 is 0 Å². The second-order valence-electron chi connectivity index (χ2n) is 6.42. The Bertz CT molecular complexity index is 396.